The summed E-state index contributed by atoms with van der Waals surface area (Å²) in [5.41, 5.74) is 2.17. The molecular weight excluding hydrogens is 702 g/mol. The van der Waals surface area contributed by atoms with Gasteiger partial charge in [0.25, 0.3) is 0 Å². The van der Waals surface area contributed by atoms with Gasteiger partial charge >= 0.3 is 5.97 Å². The van der Waals surface area contributed by atoms with E-state index in [1.54, 1.807) is 21.3 Å². The zero-order valence-electron chi connectivity index (χ0n) is 35.3. The van der Waals surface area contributed by atoms with E-state index in [1.807, 2.05) is 13.8 Å². The zero-order chi connectivity index (χ0) is 39.6. The van der Waals surface area contributed by atoms with Crippen molar-refractivity contribution >= 4 is 11.8 Å². The van der Waals surface area contributed by atoms with E-state index in [-0.39, 0.29) is 96.8 Å². The molecule has 3 saturated heterocycles. The number of ketones is 1. The standard InChI is InChI=1S/C44H71NO10/c1-11-14-28-15-13-16-37(55-39-18-17-36(45(6)7)25(4)51-39)24(3)40(47)35-22-33-31(34(35)23-38(46)53-28)19-27(12-2)30-20-29(21-32(30)33)54-44-43(50-10)42(49-9)41(48-8)26(5)52-44/h19,22,24-26,28-34,36-37,39,41-44H,11-18,20-21,23H2,1-10H3. The fourth-order valence-corrected chi connectivity index (χ4v) is 11.2. The number of hydrogen-bond acceptors (Lipinski definition) is 11. The second-order valence-corrected chi connectivity index (χ2v) is 17.5. The minimum Gasteiger partial charge on any atom is -0.462 e. The topological polar surface area (TPSA) is 111 Å². The van der Waals surface area contributed by atoms with Crippen LogP contribution >= 0.6 is 0 Å². The SMILES string of the molecule is CCCC1CCCC(OC2CCC(N(C)C)C(C)O2)C(C)C(=O)C2=CC3C(C=C(CC)C4CC(OC5OC(C)C(OC)C(OC)C5OC)CC43)C2CC(=O)O1. The van der Waals surface area contributed by atoms with Crippen molar-refractivity contribution in [1.29, 1.82) is 0 Å². The number of allylic oxidation sites excluding steroid dienone is 4. The molecular formula is C44H71NO10. The molecule has 6 aliphatic rings. The van der Waals surface area contributed by atoms with E-state index in [9.17, 15) is 9.59 Å². The summed E-state index contributed by atoms with van der Waals surface area (Å²) >= 11 is 0. The molecule has 17 atom stereocenters. The molecule has 1 saturated carbocycles. The highest BCUT2D eigenvalue weighted by molar-refractivity contribution is 5.99. The average molecular weight is 774 g/mol. The normalized spacial score (nSPS) is 44.1. The molecule has 0 amide bonds. The van der Waals surface area contributed by atoms with Crippen molar-refractivity contribution in [3.05, 3.63) is 23.3 Å². The van der Waals surface area contributed by atoms with Crippen molar-refractivity contribution < 1.29 is 47.5 Å². The first-order chi connectivity index (χ1) is 26.4. The van der Waals surface area contributed by atoms with Gasteiger partial charge in [0.15, 0.2) is 18.4 Å². The van der Waals surface area contributed by atoms with Crippen LogP contribution in [0.2, 0.25) is 0 Å². The van der Waals surface area contributed by atoms with Gasteiger partial charge < -0.3 is 42.8 Å². The molecule has 3 aliphatic carbocycles. The Hall–Kier alpha value is -1.70. The van der Waals surface area contributed by atoms with Crippen LogP contribution in [0, 0.1) is 35.5 Å². The van der Waals surface area contributed by atoms with E-state index in [4.69, 9.17) is 37.9 Å². The van der Waals surface area contributed by atoms with Crippen LogP contribution in [0.3, 0.4) is 0 Å². The number of rotatable bonds is 11. The van der Waals surface area contributed by atoms with Crippen molar-refractivity contribution in [2.75, 3.05) is 35.4 Å². The molecule has 4 fully saturated rings. The summed E-state index contributed by atoms with van der Waals surface area (Å²) in [6.07, 6.45) is 10.6. The molecule has 11 nitrogen and oxygen atoms in total. The predicted octanol–water partition coefficient (Wildman–Crippen LogP) is 6.66. The number of ether oxygens (including phenoxy) is 8. The summed E-state index contributed by atoms with van der Waals surface area (Å²) in [7, 11) is 9.19. The Kier molecular flexibility index (Phi) is 14.8. The van der Waals surface area contributed by atoms with Gasteiger partial charge in [-0.25, -0.2) is 0 Å². The number of esters is 1. The van der Waals surface area contributed by atoms with Crippen LogP contribution in [0.1, 0.15) is 105 Å². The van der Waals surface area contributed by atoms with Gasteiger partial charge in [-0.2, -0.15) is 0 Å². The molecule has 0 aromatic carbocycles. The first-order valence-corrected chi connectivity index (χ1v) is 21.4. The molecule has 6 rings (SSSR count). The van der Waals surface area contributed by atoms with Crippen LogP contribution in [0.15, 0.2) is 23.3 Å². The van der Waals surface area contributed by atoms with Gasteiger partial charge in [0.05, 0.1) is 30.8 Å². The summed E-state index contributed by atoms with van der Waals surface area (Å²) < 4.78 is 50.1. The monoisotopic (exact) mass is 774 g/mol. The van der Waals surface area contributed by atoms with Crippen LogP contribution in [-0.2, 0) is 47.5 Å². The highest BCUT2D eigenvalue weighted by Crippen LogP contribution is 2.57. The fourth-order valence-electron chi connectivity index (χ4n) is 11.2. The minimum atomic E-state index is -0.599. The van der Waals surface area contributed by atoms with E-state index >= 15 is 0 Å². The number of carbonyl (C=O) groups excluding carboxylic acids is 2. The molecule has 17 unspecified atom stereocenters. The average Bonchev–Trinajstić information content (AvgIpc) is 3.73. The number of nitrogens with zero attached hydrogens (tertiary/aromatic N) is 1. The largest absolute Gasteiger partial charge is 0.462 e. The van der Waals surface area contributed by atoms with Gasteiger partial charge in [0.2, 0.25) is 0 Å². The Balaban J connectivity index is 1.25. The zero-order valence-corrected chi connectivity index (χ0v) is 35.3. The Bertz CT molecular complexity index is 1370. The van der Waals surface area contributed by atoms with E-state index in [0.717, 1.165) is 63.4 Å². The molecule has 0 radical (unpaired) electrons. The number of cyclic esters (lactones) is 1. The number of Topliss-reactive ketones (excluding diaryl/α,β-unsaturated/α-hetero) is 1. The highest BCUT2D eigenvalue weighted by Gasteiger charge is 2.54. The lowest BCUT2D eigenvalue weighted by Crippen LogP contribution is -2.59. The lowest BCUT2D eigenvalue weighted by molar-refractivity contribution is -0.314. The molecule has 3 aliphatic heterocycles. The Labute approximate surface area is 330 Å². The number of fused-ring (bicyclic) bond motifs is 5. The molecule has 55 heavy (non-hydrogen) atoms. The van der Waals surface area contributed by atoms with Crippen molar-refractivity contribution in [1.82, 2.24) is 4.90 Å². The molecule has 312 valence electrons. The van der Waals surface area contributed by atoms with Crippen LogP contribution in [0.4, 0.5) is 0 Å². The molecule has 0 spiro atoms. The Morgan fingerprint density at radius 3 is 2.20 bits per heavy atom. The molecule has 3 heterocycles. The third-order valence-corrected chi connectivity index (χ3v) is 14.1. The van der Waals surface area contributed by atoms with E-state index in [1.165, 1.54) is 5.57 Å². The van der Waals surface area contributed by atoms with Gasteiger partial charge in [0.1, 0.15) is 24.4 Å². The lowest BCUT2D eigenvalue weighted by atomic mass is 9.67. The maximum atomic E-state index is 14.9. The Morgan fingerprint density at radius 1 is 0.800 bits per heavy atom. The highest BCUT2D eigenvalue weighted by atomic mass is 16.7. The van der Waals surface area contributed by atoms with Crippen molar-refractivity contribution in [2.24, 2.45) is 35.5 Å². The van der Waals surface area contributed by atoms with Crippen molar-refractivity contribution in [2.45, 2.75) is 173 Å². The lowest BCUT2D eigenvalue weighted by Gasteiger charge is -2.44. The quantitative estimate of drug-likeness (QED) is 0.166. The summed E-state index contributed by atoms with van der Waals surface area (Å²) in [6, 6.07) is 0.336. The van der Waals surface area contributed by atoms with Crippen molar-refractivity contribution in [3.8, 4) is 0 Å². The smallest absolute Gasteiger partial charge is 0.306 e. The van der Waals surface area contributed by atoms with Crippen molar-refractivity contribution in [3.63, 3.8) is 0 Å². The van der Waals surface area contributed by atoms with Gasteiger partial charge in [-0.3, -0.25) is 9.59 Å². The molecule has 11 heteroatoms. The fraction of sp³-hybridized carbons (Fsp3) is 0.864. The molecule has 0 bridgehead atoms. The van der Waals surface area contributed by atoms with Crippen LogP contribution in [0.25, 0.3) is 0 Å². The number of carbonyl (C=O) groups is 2. The first-order valence-electron chi connectivity index (χ1n) is 21.4. The van der Waals surface area contributed by atoms with E-state index in [0.29, 0.717) is 18.4 Å². The molecule has 0 aromatic heterocycles. The number of methoxy groups -OCH3 is 3. The predicted molar refractivity (Wildman–Crippen MR) is 208 cm³/mol. The molecule has 0 aromatic rings. The number of hydrogen-bond donors (Lipinski definition) is 0. The summed E-state index contributed by atoms with van der Waals surface area (Å²) in [5, 5.41) is 0. The second kappa shape index (κ2) is 18.9. The third-order valence-electron chi connectivity index (χ3n) is 14.1. The first kappa shape index (κ1) is 42.9. The maximum absolute atomic E-state index is 14.9. The van der Waals surface area contributed by atoms with Crippen LogP contribution in [0.5, 0.6) is 0 Å². The summed E-state index contributed by atoms with van der Waals surface area (Å²) in [6.45, 7) is 10.5. The number of likely N-dealkylation sites (N-methyl/N-ethyl adjacent to an activating group) is 1. The Morgan fingerprint density at radius 2 is 1.55 bits per heavy atom. The van der Waals surface area contributed by atoms with Crippen LogP contribution < -0.4 is 0 Å². The summed E-state index contributed by atoms with van der Waals surface area (Å²) in [5.74, 6) is 0.0561. The van der Waals surface area contributed by atoms with Gasteiger partial charge in [0, 0.05) is 39.2 Å². The summed E-state index contributed by atoms with van der Waals surface area (Å²) in [4.78, 5) is 30.8. The van der Waals surface area contributed by atoms with Gasteiger partial charge in [-0.05, 0) is 115 Å². The second-order valence-electron chi connectivity index (χ2n) is 17.5. The van der Waals surface area contributed by atoms with E-state index < -0.39 is 12.4 Å². The van der Waals surface area contributed by atoms with Crippen LogP contribution in [-0.4, -0.2) is 120 Å². The molecule has 0 N–H and O–H groups in total. The van der Waals surface area contributed by atoms with Gasteiger partial charge in [-0.15, -0.1) is 0 Å². The van der Waals surface area contributed by atoms with Gasteiger partial charge in [-0.1, -0.05) is 44.9 Å². The third kappa shape index (κ3) is 9.14. The maximum Gasteiger partial charge on any atom is 0.306 e. The van der Waals surface area contributed by atoms with E-state index in [2.05, 4.69) is 51.9 Å². The minimum absolute atomic E-state index is 0.0354.